The fraction of sp³-hybridized carbons (Fsp3) is 0.462. The molecule has 182 valence electrons. The molecule has 2 aromatic heterocycles. The Kier molecular flexibility index (Phi) is 9.39. The molecule has 0 saturated carbocycles. The van der Waals surface area contributed by atoms with Crippen molar-refractivity contribution in [3.63, 3.8) is 0 Å². The number of unbranched alkanes of at least 4 members (excludes halogenated alkanes) is 6. The zero-order chi connectivity index (χ0) is 24.2. The van der Waals surface area contributed by atoms with Crippen molar-refractivity contribution < 1.29 is 9.59 Å². The Bertz CT molecular complexity index is 1040. The van der Waals surface area contributed by atoms with E-state index >= 15 is 0 Å². The van der Waals surface area contributed by atoms with Crippen molar-refractivity contribution in [3.8, 4) is 0 Å². The van der Waals surface area contributed by atoms with E-state index in [9.17, 15) is 9.59 Å². The van der Waals surface area contributed by atoms with Crippen molar-refractivity contribution in [2.24, 2.45) is 0 Å². The number of carbonyl (C=O) groups excluding carboxylic acids is 2. The molecule has 0 saturated heterocycles. The number of carbonyl (C=O) groups is 2. The van der Waals surface area contributed by atoms with E-state index in [-0.39, 0.29) is 40.8 Å². The fourth-order valence-corrected chi connectivity index (χ4v) is 10.0. The number of hydrogen-bond donors (Lipinski definition) is 0. The Morgan fingerprint density at radius 2 is 1.06 bits per heavy atom. The molecule has 4 rings (SSSR count). The zero-order valence-electron chi connectivity index (χ0n) is 19.7. The first-order valence-corrected chi connectivity index (χ1v) is 17.1. The minimum absolute atomic E-state index is 0.0142. The summed E-state index contributed by atoms with van der Waals surface area (Å²) >= 11 is 7.44. The van der Waals surface area contributed by atoms with E-state index in [4.69, 9.17) is 0 Å². The molecule has 2 aliphatic heterocycles. The van der Waals surface area contributed by atoms with Crippen molar-refractivity contribution >= 4 is 84.1 Å². The Balaban J connectivity index is 1.80. The second-order valence-electron chi connectivity index (χ2n) is 8.69. The van der Waals surface area contributed by atoms with Crippen LogP contribution in [0.3, 0.4) is 0 Å². The molecule has 0 aromatic carbocycles. The molecular weight excluding hydrogens is 690 g/mol. The molecule has 0 unspecified atom stereocenters. The van der Waals surface area contributed by atoms with Crippen LogP contribution >= 0.6 is 31.9 Å². The predicted octanol–water partition coefficient (Wildman–Crippen LogP) is 6.29. The standard InChI is InChI=1S/C26H30Br2N2O2Se2/c1-3-5-7-9-15-29-23(17-11-13-19(27)33-17)21-22(25(29)31)24(18-12-14-20(28)34-18)30(26(21)32)16-10-8-6-4-2/h11-14H,3-10,15-16H2,1-2H3. The van der Waals surface area contributed by atoms with Crippen LogP contribution in [0.4, 0.5) is 0 Å². The molecular formula is C26H30Br2N2O2Se2. The van der Waals surface area contributed by atoms with Gasteiger partial charge in [0.15, 0.2) is 0 Å². The van der Waals surface area contributed by atoms with Crippen LogP contribution < -0.4 is 0 Å². The summed E-state index contributed by atoms with van der Waals surface area (Å²) < 4.78 is 4.55. The number of halogens is 2. The first kappa shape index (κ1) is 26.4. The molecule has 2 amide bonds. The summed E-state index contributed by atoms with van der Waals surface area (Å²) in [5, 5.41) is 0. The fourth-order valence-electron chi connectivity index (χ4n) is 4.61. The van der Waals surface area contributed by atoms with Crippen LogP contribution in [0.5, 0.6) is 0 Å². The molecule has 8 heteroatoms. The molecule has 2 aromatic rings. The number of nitrogens with zero attached hydrogens (tertiary/aromatic N) is 2. The Labute approximate surface area is 231 Å². The van der Waals surface area contributed by atoms with Crippen LogP contribution in [0.1, 0.15) is 74.1 Å². The molecule has 4 nitrogen and oxygen atoms in total. The van der Waals surface area contributed by atoms with Crippen LogP contribution in [0.2, 0.25) is 0 Å². The van der Waals surface area contributed by atoms with Gasteiger partial charge in [-0.15, -0.1) is 0 Å². The molecule has 34 heavy (non-hydrogen) atoms. The molecule has 2 aliphatic rings. The van der Waals surface area contributed by atoms with E-state index < -0.39 is 0 Å². The Morgan fingerprint density at radius 1 is 0.647 bits per heavy atom. The van der Waals surface area contributed by atoms with Gasteiger partial charge in [-0.25, -0.2) is 0 Å². The van der Waals surface area contributed by atoms with E-state index in [1.54, 1.807) is 0 Å². The van der Waals surface area contributed by atoms with E-state index in [0.717, 1.165) is 65.5 Å². The summed E-state index contributed by atoms with van der Waals surface area (Å²) in [6.07, 6.45) is 8.78. The van der Waals surface area contributed by atoms with E-state index in [1.807, 2.05) is 9.80 Å². The number of rotatable bonds is 12. The third kappa shape index (κ3) is 5.38. The van der Waals surface area contributed by atoms with E-state index in [2.05, 4.69) is 70.0 Å². The average Bonchev–Trinajstić information content (AvgIpc) is 3.56. The maximum atomic E-state index is 14.0. The monoisotopic (exact) mass is 720 g/mol. The summed E-state index contributed by atoms with van der Waals surface area (Å²) in [6.45, 7) is 5.74. The summed E-state index contributed by atoms with van der Waals surface area (Å²) in [5.41, 5.74) is 3.04. The Hall–Kier alpha value is -0.621. The van der Waals surface area contributed by atoms with Crippen molar-refractivity contribution in [2.75, 3.05) is 13.1 Å². The van der Waals surface area contributed by atoms with Crippen LogP contribution in [0.25, 0.3) is 11.4 Å². The number of fused-ring (bicyclic) bond motifs is 1. The average molecular weight is 720 g/mol. The summed E-state index contributed by atoms with van der Waals surface area (Å²) in [6, 6.07) is 8.32. The SMILES string of the molecule is CCCCCCN1C(=O)C2=C(c3ccc(Br)[se]3)N(CCCCCC)C(=O)C2=C1c1ccc(Br)[se]1. The van der Waals surface area contributed by atoms with E-state index in [0.29, 0.717) is 24.2 Å². The second kappa shape index (κ2) is 12.1. The van der Waals surface area contributed by atoms with E-state index in [1.165, 1.54) is 12.8 Å². The van der Waals surface area contributed by atoms with Gasteiger partial charge in [0.2, 0.25) is 0 Å². The maximum absolute atomic E-state index is 14.0. The molecule has 0 bridgehead atoms. The van der Waals surface area contributed by atoms with Gasteiger partial charge in [-0.2, -0.15) is 0 Å². The van der Waals surface area contributed by atoms with Gasteiger partial charge in [-0.3, -0.25) is 0 Å². The number of amides is 2. The van der Waals surface area contributed by atoms with Gasteiger partial charge in [0, 0.05) is 0 Å². The van der Waals surface area contributed by atoms with Gasteiger partial charge in [0.1, 0.15) is 0 Å². The first-order valence-electron chi connectivity index (χ1n) is 12.1. The third-order valence-corrected chi connectivity index (χ3v) is 12.2. The van der Waals surface area contributed by atoms with Gasteiger partial charge < -0.3 is 0 Å². The molecule has 0 radical (unpaired) electrons. The summed E-state index contributed by atoms with van der Waals surface area (Å²) in [7, 11) is 0. The van der Waals surface area contributed by atoms with Gasteiger partial charge >= 0.3 is 233 Å². The second-order valence-corrected chi connectivity index (χ2v) is 17.3. The molecule has 0 N–H and O–H groups in total. The summed E-state index contributed by atoms with van der Waals surface area (Å²) in [4.78, 5) is 31.8. The van der Waals surface area contributed by atoms with Crippen molar-refractivity contribution in [1.29, 1.82) is 0 Å². The molecule has 0 atom stereocenters. The number of hydrogen-bond acceptors (Lipinski definition) is 2. The zero-order valence-corrected chi connectivity index (χ0v) is 26.3. The third-order valence-electron chi connectivity index (χ3n) is 6.27. The van der Waals surface area contributed by atoms with Gasteiger partial charge in [0.05, 0.1) is 0 Å². The van der Waals surface area contributed by atoms with Crippen LogP contribution in [-0.4, -0.2) is 63.7 Å². The molecule has 4 heterocycles. The quantitative estimate of drug-likeness (QED) is 0.191. The van der Waals surface area contributed by atoms with Crippen molar-refractivity contribution in [2.45, 2.75) is 65.2 Å². The van der Waals surface area contributed by atoms with Gasteiger partial charge in [0.25, 0.3) is 0 Å². The van der Waals surface area contributed by atoms with Crippen LogP contribution in [-0.2, 0) is 9.59 Å². The predicted molar refractivity (Wildman–Crippen MR) is 148 cm³/mol. The first-order chi connectivity index (χ1) is 16.5. The summed E-state index contributed by atoms with van der Waals surface area (Å²) in [5.74, 6) is 0.0284. The Morgan fingerprint density at radius 3 is 1.38 bits per heavy atom. The van der Waals surface area contributed by atoms with Gasteiger partial charge in [-0.1, -0.05) is 0 Å². The van der Waals surface area contributed by atoms with Crippen molar-refractivity contribution in [3.05, 3.63) is 51.0 Å². The molecule has 0 aliphatic carbocycles. The van der Waals surface area contributed by atoms with Crippen molar-refractivity contribution in [1.82, 2.24) is 9.80 Å². The minimum atomic E-state index is 0.0142. The normalized spacial score (nSPS) is 16.0. The topological polar surface area (TPSA) is 40.6 Å². The molecule has 0 spiro atoms. The van der Waals surface area contributed by atoms with Crippen LogP contribution in [0.15, 0.2) is 42.1 Å². The molecule has 0 fully saturated rings. The van der Waals surface area contributed by atoms with Crippen LogP contribution in [0, 0.1) is 0 Å². The van der Waals surface area contributed by atoms with Gasteiger partial charge in [-0.05, 0) is 0 Å².